The van der Waals surface area contributed by atoms with Gasteiger partial charge in [0.1, 0.15) is 5.69 Å². The third-order valence-electron chi connectivity index (χ3n) is 4.78. The normalized spacial score (nSPS) is 15.9. The third-order valence-corrected chi connectivity index (χ3v) is 6.57. The smallest absolute Gasteiger partial charge is 0.277 e. The van der Waals surface area contributed by atoms with E-state index in [0.717, 1.165) is 36.1 Å². The van der Waals surface area contributed by atoms with Crippen molar-refractivity contribution in [2.75, 3.05) is 18.4 Å². The first kappa shape index (κ1) is 18.3. The van der Waals surface area contributed by atoms with Crippen molar-refractivity contribution < 1.29 is 9.21 Å². The van der Waals surface area contributed by atoms with E-state index in [0.29, 0.717) is 21.6 Å². The van der Waals surface area contributed by atoms with Crippen LogP contribution in [0.25, 0.3) is 10.8 Å². The Morgan fingerprint density at radius 3 is 2.93 bits per heavy atom. The lowest BCUT2D eigenvalue weighted by atomic mass is 9.99. The number of thiazole rings is 2. The predicted molar refractivity (Wildman–Crippen MR) is 108 cm³/mol. The molecule has 1 aliphatic heterocycles. The van der Waals surface area contributed by atoms with E-state index in [1.165, 1.54) is 35.5 Å². The van der Waals surface area contributed by atoms with Crippen molar-refractivity contribution in [3.05, 3.63) is 40.0 Å². The van der Waals surface area contributed by atoms with Gasteiger partial charge >= 0.3 is 0 Å². The van der Waals surface area contributed by atoms with Crippen LogP contribution in [0.5, 0.6) is 0 Å². The molecule has 0 aliphatic carbocycles. The van der Waals surface area contributed by atoms with E-state index in [2.05, 4.69) is 27.1 Å². The maximum atomic E-state index is 12.6. The molecular formula is C19H22N4O2S2. The lowest BCUT2D eigenvalue weighted by Gasteiger charge is -2.29. The first-order valence-electron chi connectivity index (χ1n) is 9.08. The fourth-order valence-electron chi connectivity index (χ4n) is 3.16. The van der Waals surface area contributed by atoms with E-state index in [9.17, 15) is 4.79 Å². The Morgan fingerprint density at radius 1 is 1.37 bits per heavy atom. The molecule has 1 N–H and O–H groups in total. The summed E-state index contributed by atoms with van der Waals surface area (Å²) in [5.41, 5.74) is 1.43. The molecule has 4 heterocycles. The number of hydrogen-bond acceptors (Lipinski definition) is 7. The summed E-state index contributed by atoms with van der Waals surface area (Å²) in [6, 6.07) is 3.65. The standard InChI is InChI=1S/C19H22N4O2S2/c1-12-5-7-23(8-6-12)10-14-11-26-19(20-14)22-17(24)16-13(2)27-18(21-16)15-4-3-9-25-15/h3-4,9,11-12H,5-8,10H2,1-2H3,(H,20,22,24). The molecule has 1 aliphatic rings. The highest BCUT2D eigenvalue weighted by Crippen LogP contribution is 2.28. The molecule has 0 atom stereocenters. The average molecular weight is 403 g/mol. The molecule has 0 unspecified atom stereocenters. The Kier molecular flexibility index (Phi) is 5.38. The van der Waals surface area contributed by atoms with Crippen LogP contribution in [0.2, 0.25) is 0 Å². The molecule has 1 saturated heterocycles. The number of rotatable bonds is 5. The molecule has 0 saturated carbocycles. The lowest BCUT2D eigenvalue weighted by Crippen LogP contribution is -2.32. The number of aryl methyl sites for hydroxylation is 1. The van der Waals surface area contributed by atoms with Gasteiger partial charge in [-0.15, -0.1) is 22.7 Å². The largest absolute Gasteiger partial charge is 0.462 e. The van der Waals surface area contributed by atoms with E-state index in [1.807, 2.05) is 24.4 Å². The zero-order valence-corrected chi connectivity index (χ0v) is 17.0. The molecule has 6 nitrogen and oxygen atoms in total. The summed E-state index contributed by atoms with van der Waals surface area (Å²) in [5.74, 6) is 1.27. The highest BCUT2D eigenvalue weighted by molar-refractivity contribution is 7.15. The van der Waals surface area contributed by atoms with Crippen LogP contribution in [-0.2, 0) is 6.54 Å². The Hall–Kier alpha value is -2.03. The molecule has 0 spiro atoms. The van der Waals surface area contributed by atoms with E-state index in [1.54, 1.807) is 6.26 Å². The SMILES string of the molecule is Cc1sc(-c2ccco2)nc1C(=O)Nc1nc(CN2CCC(C)CC2)cs1. The van der Waals surface area contributed by atoms with Crippen LogP contribution in [0.1, 0.15) is 40.8 Å². The van der Waals surface area contributed by atoms with Crippen LogP contribution in [0.4, 0.5) is 5.13 Å². The number of hydrogen-bond donors (Lipinski definition) is 1. The maximum Gasteiger partial charge on any atom is 0.277 e. The summed E-state index contributed by atoms with van der Waals surface area (Å²) >= 11 is 2.91. The number of nitrogens with zero attached hydrogens (tertiary/aromatic N) is 3. The van der Waals surface area contributed by atoms with Gasteiger partial charge in [-0.2, -0.15) is 0 Å². The summed E-state index contributed by atoms with van der Waals surface area (Å²) in [7, 11) is 0. The van der Waals surface area contributed by atoms with E-state index in [-0.39, 0.29) is 5.91 Å². The Bertz CT molecular complexity index is 908. The van der Waals surface area contributed by atoms with Gasteiger partial charge < -0.3 is 4.42 Å². The van der Waals surface area contributed by atoms with Crippen molar-refractivity contribution in [3.63, 3.8) is 0 Å². The van der Waals surface area contributed by atoms with Gasteiger partial charge in [0.15, 0.2) is 15.9 Å². The summed E-state index contributed by atoms with van der Waals surface area (Å²) in [6.07, 6.45) is 4.09. The van der Waals surface area contributed by atoms with Gasteiger partial charge in [0.05, 0.1) is 12.0 Å². The number of piperidine rings is 1. The Morgan fingerprint density at radius 2 is 2.19 bits per heavy atom. The number of anilines is 1. The molecule has 4 rings (SSSR count). The van der Waals surface area contributed by atoms with Gasteiger partial charge in [-0.25, -0.2) is 9.97 Å². The van der Waals surface area contributed by atoms with Gasteiger partial charge in [0, 0.05) is 16.8 Å². The fourth-order valence-corrected chi connectivity index (χ4v) is 4.73. The highest BCUT2D eigenvalue weighted by atomic mass is 32.1. The van der Waals surface area contributed by atoms with Crippen LogP contribution in [0.3, 0.4) is 0 Å². The van der Waals surface area contributed by atoms with Gasteiger partial charge in [-0.05, 0) is 50.9 Å². The van der Waals surface area contributed by atoms with Gasteiger partial charge in [0.2, 0.25) is 0 Å². The fraction of sp³-hybridized carbons (Fsp3) is 0.421. The second-order valence-electron chi connectivity index (χ2n) is 6.96. The van der Waals surface area contributed by atoms with Crippen LogP contribution >= 0.6 is 22.7 Å². The number of aromatic nitrogens is 2. The van der Waals surface area contributed by atoms with Crippen molar-refractivity contribution in [2.45, 2.75) is 33.2 Å². The molecular weight excluding hydrogens is 380 g/mol. The molecule has 142 valence electrons. The number of amides is 1. The molecule has 1 amide bonds. The van der Waals surface area contributed by atoms with E-state index >= 15 is 0 Å². The van der Waals surface area contributed by atoms with Crippen molar-refractivity contribution in [2.24, 2.45) is 5.92 Å². The molecule has 3 aromatic heterocycles. The quantitative estimate of drug-likeness (QED) is 0.672. The van der Waals surface area contributed by atoms with Gasteiger partial charge in [-0.3, -0.25) is 15.0 Å². The van der Waals surface area contributed by atoms with Gasteiger partial charge in [0.25, 0.3) is 5.91 Å². The van der Waals surface area contributed by atoms with Crippen molar-refractivity contribution in [1.82, 2.24) is 14.9 Å². The summed E-state index contributed by atoms with van der Waals surface area (Å²) < 4.78 is 5.37. The third kappa shape index (κ3) is 4.28. The first-order chi connectivity index (χ1) is 13.1. The van der Waals surface area contributed by atoms with E-state index in [4.69, 9.17) is 4.42 Å². The Labute approximate surface area is 166 Å². The number of carbonyl (C=O) groups is 1. The zero-order chi connectivity index (χ0) is 18.8. The van der Waals surface area contributed by atoms with Crippen LogP contribution < -0.4 is 5.32 Å². The second-order valence-corrected chi connectivity index (χ2v) is 9.02. The number of likely N-dealkylation sites (tertiary alicyclic amines) is 1. The van der Waals surface area contributed by atoms with Crippen molar-refractivity contribution in [1.29, 1.82) is 0 Å². The molecule has 3 aromatic rings. The lowest BCUT2D eigenvalue weighted by molar-refractivity contribution is 0.102. The van der Waals surface area contributed by atoms with E-state index < -0.39 is 0 Å². The highest BCUT2D eigenvalue weighted by Gasteiger charge is 2.20. The predicted octanol–water partition coefficient (Wildman–Crippen LogP) is 4.65. The zero-order valence-electron chi connectivity index (χ0n) is 15.4. The minimum atomic E-state index is -0.228. The molecule has 1 fully saturated rings. The minimum absolute atomic E-state index is 0.228. The van der Waals surface area contributed by atoms with Gasteiger partial charge in [-0.1, -0.05) is 6.92 Å². The van der Waals surface area contributed by atoms with Crippen LogP contribution in [0, 0.1) is 12.8 Å². The van der Waals surface area contributed by atoms with Crippen LogP contribution in [0.15, 0.2) is 28.2 Å². The van der Waals surface area contributed by atoms with Crippen LogP contribution in [-0.4, -0.2) is 33.9 Å². The molecule has 8 heteroatoms. The number of nitrogens with one attached hydrogen (secondary N) is 1. The number of furan rings is 1. The topological polar surface area (TPSA) is 71.3 Å². The Balaban J connectivity index is 1.39. The monoisotopic (exact) mass is 402 g/mol. The van der Waals surface area contributed by atoms with Crippen molar-refractivity contribution in [3.8, 4) is 10.8 Å². The first-order valence-corrected chi connectivity index (χ1v) is 10.8. The number of carbonyl (C=O) groups excluding carboxylic acids is 1. The average Bonchev–Trinajstić information content (AvgIpc) is 3.38. The summed E-state index contributed by atoms with van der Waals surface area (Å²) in [4.78, 5) is 24.9. The summed E-state index contributed by atoms with van der Waals surface area (Å²) in [5, 5.41) is 6.24. The molecule has 0 radical (unpaired) electrons. The second kappa shape index (κ2) is 7.92. The van der Waals surface area contributed by atoms with Crippen molar-refractivity contribution >= 4 is 33.7 Å². The molecule has 0 bridgehead atoms. The summed E-state index contributed by atoms with van der Waals surface area (Å²) in [6.45, 7) is 7.29. The molecule has 27 heavy (non-hydrogen) atoms. The maximum absolute atomic E-state index is 12.6. The minimum Gasteiger partial charge on any atom is -0.462 e. The molecule has 0 aromatic carbocycles.